The molecule has 2 aromatic carbocycles. The van der Waals surface area contributed by atoms with Crippen LogP contribution in [0.3, 0.4) is 0 Å². The van der Waals surface area contributed by atoms with Gasteiger partial charge in [-0.15, -0.1) is 0 Å². The minimum absolute atomic E-state index is 0.0909. The molecule has 3 nitrogen and oxygen atoms in total. The van der Waals surface area contributed by atoms with Gasteiger partial charge in [-0.1, -0.05) is 39.7 Å². The van der Waals surface area contributed by atoms with E-state index in [1.165, 1.54) is 0 Å². The van der Waals surface area contributed by atoms with Crippen molar-refractivity contribution >= 4 is 61.7 Å². The van der Waals surface area contributed by atoms with Gasteiger partial charge in [0.1, 0.15) is 5.75 Å². The molecule has 0 fully saturated rings. The number of hydrogen-bond acceptors (Lipinski definition) is 2. The molecule has 0 aromatic heterocycles. The molecule has 20 heavy (non-hydrogen) atoms. The van der Waals surface area contributed by atoms with Crippen LogP contribution in [0.5, 0.6) is 5.75 Å². The van der Waals surface area contributed by atoms with Gasteiger partial charge in [0.05, 0.1) is 10.7 Å². The van der Waals surface area contributed by atoms with Gasteiger partial charge in [0.25, 0.3) is 5.91 Å². The number of benzene rings is 2. The van der Waals surface area contributed by atoms with Crippen LogP contribution >= 0.6 is 50.1 Å². The molecule has 1 amide bonds. The van der Waals surface area contributed by atoms with Crippen molar-refractivity contribution in [2.45, 2.75) is 0 Å². The van der Waals surface area contributed by atoms with Gasteiger partial charge in [-0.3, -0.25) is 4.79 Å². The molecule has 0 spiro atoms. The highest BCUT2D eigenvalue weighted by Gasteiger charge is 2.08. The Kier molecular flexibility index (Phi) is 5.68. The third kappa shape index (κ3) is 4.36. The Morgan fingerprint density at radius 3 is 2.75 bits per heavy atom. The molecule has 0 aliphatic rings. The van der Waals surface area contributed by atoms with Gasteiger partial charge < -0.3 is 10.1 Å². The summed E-state index contributed by atoms with van der Waals surface area (Å²) < 4.78 is 7.23. The van der Waals surface area contributed by atoms with Crippen LogP contribution in [-0.4, -0.2) is 12.5 Å². The SMILES string of the molecule is O=C(COc1ccc(Br)cc1Cl)Nc1ccccc1I. The molecule has 1 N–H and O–H groups in total. The third-order valence-corrected chi connectivity index (χ3v) is 4.13. The van der Waals surface area contributed by atoms with Crippen LogP contribution in [0.25, 0.3) is 0 Å². The van der Waals surface area contributed by atoms with Gasteiger partial charge in [-0.2, -0.15) is 0 Å². The van der Waals surface area contributed by atoms with Crippen LogP contribution in [0.4, 0.5) is 5.69 Å². The van der Waals surface area contributed by atoms with E-state index in [0.717, 1.165) is 13.7 Å². The summed E-state index contributed by atoms with van der Waals surface area (Å²) in [6.07, 6.45) is 0. The van der Waals surface area contributed by atoms with Crippen molar-refractivity contribution in [2.24, 2.45) is 0 Å². The van der Waals surface area contributed by atoms with Crippen molar-refractivity contribution in [3.8, 4) is 5.75 Å². The first-order chi connectivity index (χ1) is 9.56. The number of halogens is 3. The zero-order valence-corrected chi connectivity index (χ0v) is 14.7. The maximum Gasteiger partial charge on any atom is 0.262 e. The number of rotatable bonds is 4. The van der Waals surface area contributed by atoms with E-state index in [4.69, 9.17) is 16.3 Å². The van der Waals surface area contributed by atoms with E-state index in [9.17, 15) is 4.79 Å². The van der Waals surface area contributed by atoms with Crippen LogP contribution in [0.15, 0.2) is 46.9 Å². The lowest BCUT2D eigenvalue weighted by Gasteiger charge is -2.10. The average Bonchev–Trinajstić information content (AvgIpc) is 2.40. The average molecular weight is 466 g/mol. The minimum atomic E-state index is -0.229. The smallest absolute Gasteiger partial charge is 0.262 e. The van der Waals surface area contributed by atoms with Gasteiger partial charge in [-0.05, 0) is 52.9 Å². The molecule has 104 valence electrons. The van der Waals surface area contributed by atoms with E-state index < -0.39 is 0 Å². The summed E-state index contributed by atoms with van der Waals surface area (Å²) in [7, 11) is 0. The standard InChI is InChI=1S/C14H10BrClINO2/c15-9-5-6-13(10(16)7-9)20-8-14(19)18-12-4-2-1-3-11(12)17/h1-7H,8H2,(H,18,19). The van der Waals surface area contributed by atoms with Crippen molar-refractivity contribution in [2.75, 3.05) is 11.9 Å². The Bertz CT molecular complexity index is 636. The van der Waals surface area contributed by atoms with Crippen molar-refractivity contribution in [1.29, 1.82) is 0 Å². The Labute approximate surface area is 143 Å². The van der Waals surface area contributed by atoms with Crippen LogP contribution in [0.1, 0.15) is 0 Å². The number of ether oxygens (including phenoxy) is 1. The molecule has 2 aromatic rings. The van der Waals surface area contributed by atoms with Crippen LogP contribution in [-0.2, 0) is 4.79 Å². The summed E-state index contributed by atoms with van der Waals surface area (Å²) >= 11 is 11.5. The lowest BCUT2D eigenvalue weighted by atomic mass is 10.3. The van der Waals surface area contributed by atoms with E-state index >= 15 is 0 Å². The van der Waals surface area contributed by atoms with Crippen LogP contribution in [0.2, 0.25) is 5.02 Å². The zero-order chi connectivity index (χ0) is 14.5. The fourth-order valence-corrected chi connectivity index (χ4v) is 2.73. The topological polar surface area (TPSA) is 38.3 Å². The number of carbonyl (C=O) groups excluding carboxylic acids is 1. The van der Waals surface area contributed by atoms with E-state index in [1.807, 2.05) is 24.3 Å². The molecule has 0 radical (unpaired) electrons. The minimum Gasteiger partial charge on any atom is -0.482 e. The van der Waals surface area contributed by atoms with Crippen molar-refractivity contribution < 1.29 is 9.53 Å². The van der Waals surface area contributed by atoms with E-state index in [1.54, 1.807) is 18.2 Å². The molecule has 2 rings (SSSR count). The van der Waals surface area contributed by atoms with Gasteiger partial charge in [0.15, 0.2) is 6.61 Å². The molecule has 0 saturated heterocycles. The Morgan fingerprint density at radius 1 is 1.30 bits per heavy atom. The number of hydrogen-bond donors (Lipinski definition) is 1. The fraction of sp³-hybridized carbons (Fsp3) is 0.0714. The first kappa shape index (κ1) is 15.6. The summed E-state index contributed by atoms with van der Waals surface area (Å²) in [6, 6.07) is 12.8. The molecular formula is C14H10BrClINO2. The molecule has 0 saturated carbocycles. The fourth-order valence-electron chi connectivity index (χ4n) is 1.48. The van der Waals surface area contributed by atoms with Crippen molar-refractivity contribution in [1.82, 2.24) is 0 Å². The Morgan fingerprint density at radius 2 is 2.05 bits per heavy atom. The lowest BCUT2D eigenvalue weighted by Crippen LogP contribution is -2.20. The van der Waals surface area contributed by atoms with Crippen molar-refractivity contribution in [3.63, 3.8) is 0 Å². The first-order valence-electron chi connectivity index (χ1n) is 5.68. The number of para-hydroxylation sites is 1. The second-order valence-corrected chi connectivity index (χ2v) is 6.38. The van der Waals surface area contributed by atoms with Gasteiger partial charge in [0, 0.05) is 8.04 Å². The van der Waals surface area contributed by atoms with E-state index in [2.05, 4.69) is 43.8 Å². The number of amides is 1. The Hall–Kier alpha value is -0.790. The summed E-state index contributed by atoms with van der Waals surface area (Å²) in [5.74, 6) is 0.251. The predicted molar refractivity (Wildman–Crippen MR) is 92.4 cm³/mol. The molecule has 0 bridgehead atoms. The summed E-state index contributed by atoms with van der Waals surface area (Å²) in [5, 5.41) is 3.25. The molecule has 6 heteroatoms. The summed E-state index contributed by atoms with van der Waals surface area (Å²) in [5.41, 5.74) is 0.767. The van der Waals surface area contributed by atoms with Crippen LogP contribution < -0.4 is 10.1 Å². The lowest BCUT2D eigenvalue weighted by molar-refractivity contribution is -0.118. The second-order valence-electron chi connectivity index (χ2n) is 3.89. The third-order valence-electron chi connectivity index (χ3n) is 2.40. The molecule has 0 aliphatic heterocycles. The normalized spacial score (nSPS) is 10.2. The number of nitrogens with one attached hydrogen (secondary N) is 1. The highest BCUT2D eigenvalue weighted by molar-refractivity contribution is 14.1. The first-order valence-corrected chi connectivity index (χ1v) is 7.93. The predicted octanol–water partition coefficient (Wildman–Crippen LogP) is 4.72. The molecule has 0 aliphatic carbocycles. The van der Waals surface area contributed by atoms with E-state index in [-0.39, 0.29) is 12.5 Å². The maximum absolute atomic E-state index is 11.8. The van der Waals surface area contributed by atoms with Crippen molar-refractivity contribution in [3.05, 3.63) is 55.5 Å². The molecule has 0 atom stereocenters. The number of carbonyl (C=O) groups is 1. The quantitative estimate of drug-likeness (QED) is 0.662. The highest BCUT2D eigenvalue weighted by atomic mass is 127. The van der Waals surface area contributed by atoms with E-state index in [0.29, 0.717) is 10.8 Å². The largest absolute Gasteiger partial charge is 0.482 e. The zero-order valence-electron chi connectivity index (χ0n) is 10.2. The number of anilines is 1. The summed E-state index contributed by atoms with van der Waals surface area (Å²) in [6.45, 7) is -0.0909. The monoisotopic (exact) mass is 465 g/mol. The van der Waals surface area contributed by atoms with Gasteiger partial charge in [0.2, 0.25) is 0 Å². The Balaban J connectivity index is 1.94. The molecule has 0 heterocycles. The highest BCUT2D eigenvalue weighted by Crippen LogP contribution is 2.27. The van der Waals surface area contributed by atoms with Gasteiger partial charge >= 0.3 is 0 Å². The maximum atomic E-state index is 11.8. The molecule has 0 unspecified atom stereocenters. The molecular weight excluding hydrogens is 456 g/mol. The van der Waals surface area contributed by atoms with Gasteiger partial charge in [-0.25, -0.2) is 0 Å². The summed E-state index contributed by atoms with van der Waals surface area (Å²) in [4.78, 5) is 11.8. The van der Waals surface area contributed by atoms with Crippen LogP contribution in [0, 0.1) is 3.57 Å². The second kappa shape index (κ2) is 7.28.